The van der Waals surface area contributed by atoms with Gasteiger partial charge in [-0.3, -0.25) is 0 Å². The molecule has 0 N–H and O–H groups in total. The maximum Gasteiger partial charge on any atom is 0.204 e. The van der Waals surface area contributed by atoms with Crippen LogP contribution in [0, 0.1) is 41.2 Å². The van der Waals surface area contributed by atoms with E-state index in [1.165, 1.54) is 75.5 Å². The number of hydrogen-bond donors (Lipinski definition) is 0. The van der Waals surface area contributed by atoms with E-state index in [2.05, 4.69) is 6.08 Å². The summed E-state index contributed by atoms with van der Waals surface area (Å²) in [6.07, 6.45) is 19.4. The summed E-state index contributed by atoms with van der Waals surface area (Å²) in [5.41, 5.74) is 1.22. The summed E-state index contributed by atoms with van der Waals surface area (Å²) in [7, 11) is 0. The maximum atomic E-state index is 14.4. The predicted octanol–water partition coefficient (Wildman–Crippen LogP) is 7.86. The summed E-state index contributed by atoms with van der Waals surface area (Å²) >= 11 is 0. The molecule has 0 spiro atoms. The highest BCUT2D eigenvalue weighted by Crippen LogP contribution is 2.43. The fourth-order valence-corrected chi connectivity index (χ4v) is 5.96. The summed E-state index contributed by atoms with van der Waals surface area (Å²) in [4.78, 5) is 0. The van der Waals surface area contributed by atoms with E-state index >= 15 is 0 Å². The summed E-state index contributed by atoms with van der Waals surface area (Å²) in [6, 6.07) is 2.98. The average molecular weight is 445 g/mol. The van der Waals surface area contributed by atoms with Gasteiger partial charge in [0.1, 0.15) is 6.61 Å². The lowest BCUT2D eigenvalue weighted by Crippen LogP contribution is -2.25. The molecule has 1 unspecified atom stereocenters. The minimum atomic E-state index is -0.939. The first-order chi connectivity index (χ1) is 15.7. The SMILES string of the molecule is Fc1c(OCC2=CCC(C3CCC(CC4CCC4)CC3)CC2)ccc(OCC2CC2)c1F. The van der Waals surface area contributed by atoms with Gasteiger partial charge < -0.3 is 9.47 Å². The lowest BCUT2D eigenvalue weighted by atomic mass is 9.68. The molecule has 0 heterocycles. The van der Waals surface area contributed by atoms with Crippen molar-refractivity contribution in [3.05, 3.63) is 35.4 Å². The van der Waals surface area contributed by atoms with E-state index in [9.17, 15) is 8.78 Å². The summed E-state index contributed by atoms with van der Waals surface area (Å²) in [5, 5.41) is 0. The van der Waals surface area contributed by atoms with Crippen molar-refractivity contribution in [1.29, 1.82) is 0 Å². The normalized spacial score (nSPS) is 28.7. The number of rotatable bonds is 9. The van der Waals surface area contributed by atoms with Gasteiger partial charge in [0.25, 0.3) is 0 Å². The van der Waals surface area contributed by atoms with Crippen molar-refractivity contribution in [1.82, 2.24) is 0 Å². The van der Waals surface area contributed by atoms with Crippen LogP contribution >= 0.6 is 0 Å². The van der Waals surface area contributed by atoms with Crippen molar-refractivity contribution in [2.45, 2.75) is 83.5 Å². The number of allylic oxidation sites excluding steroid dienone is 1. The Hall–Kier alpha value is -1.58. The third kappa shape index (κ3) is 5.48. The van der Waals surface area contributed by atoms with Crippen molar-refractivity contribution in [2.24, 2.45) is 29.6 Å². The number of ether oxygens (including phenoxy) is 2. The molecule has 2 nitrogen and oxygen atoms in total. The molecule has 32 heavy (non-hydrogen) atoms. The minimum Gasteiger partial charge on any atom is -0.490 e. The Bertz CT molecular complexity index is 804. The molecule has 1 aromatic rings. The van der Waals surface area contributed by atoms with Crippen LogP contribution < -0.4 is 9.47 Å². The Labute approximate surface area is 191 Å². The first kappa shape index (κ1) is 22.2. The summed E-state index contributed by atoms with van der Waals surface area (Å²) in [5.74, 6) is 2.29. The van der Waals surface area contributed by atoms with E-state index < -0.39 is 11.6 Å². The third-order valence-electron chi connectivity index (χ3n) is 8.59. The van der Waals surface area contributed by atoms with Gasteiger partial charge in [-0.15, -0.1) is 0 Å². The largest absolute Gasteiger partial charge is 0.490 e. The second kappa shape index (κ2) is 10.1. The van der Waals surface area contributed by atoms with Gasteiger partial charge in [-0.2, -0.15) is 8.78 Å². The van der Waals surface area contributed by atoms with Gasteiger partial charge >= 0.3 is 0 Å². The van der Waals surface area contributed by atoms with Gasteiger partial charge in [0.15, 0.2) is 11.5 Å². The lowest BCUT2D eigenvalue weighted by molar-refractivity contribution is 0.154. The van der Waals surface area contributed by atoms with E-state index in [1.807, 2.05) is 0 Å². The van der Waals surface area contributed by atoms with Gasteiger partial charge in [-0.25, -0.2) is 0 Å². The monoisotopic (exact) mass is 444 g/mol. The molecule has 1 atom stereocenters. The zero-order chi connectivity index (χ0) is 21.9. The first-order valence-electron chi connectivity index (χ1n) is 13.1. The van der Waals surface area contributed by atoms with E-state index in [0.29, 0.717) is 19.1 Å². The fraction of sp³-hybridized carbons (Fsp3) is 0.714. The fourth-order valence-electron chi connectivity index (χ4n) is 5.96. The second-order valence-corrected chi connectivity index (χ2v) is 10.9. The van der Waals surface area contributed by atoms with Crippen molar-refractivity contribution >= 4 is 0 Å². The van der Waals surface area contributed by atoms with Gasteiger partial charge in [0, 0.05) is 0 Å². The van der Waals surface area contributed by atoms with Crippen LogP contribution in [0.5, 0.6) is 11.5 Å². The molecule has 0 amide bonds. The summed E-state index contributed by atoms with van der Waals surface area (Å²) in [6.45, 7) is 0.812. The smallest absolute Gasteiger partial charge is 0.204 e. The van der Waals surface area contributed by atoms with Crippen LogP contribution in [0.25, 0.3) is 0 Å². The Morgan fingerprint density at radius 2 is 1.38 bits per heavy atom. The van der Waals surface area contributed by atoms with E-state index in [4.69, 9.17) is 9.47 Å². The van der Waals surface area contributed by atoms with Crippen LogP contribution in [0.4, 0.5) is 8.78 Å². The highest BCUT2D eigenvalue weighted by Gasteiger charge is 2.31. The molecule has 0 saturated heterocycles. The summed E-state index contributed by atoms with van der Waals surface area (Å²) < 4.78 is 39.8. The quantitative estimate of drug-likeness (QED) is 0.361. The molecular formula is C28H38F2O2. The number of hydrogen-bond acceptors (Lipinski definition) is 2. The van der Waals surface area contributed by atoms with Crippen molar-refractivity contribution in [2.75, 3.05) is 13.2 Å². The van der Waals surface area contributed by atoms with Crippen molar-refractivity contribution in [3.63, 3.8) is 0 Å². The van der Waals surface area contributed by atoms with Gasteiger partial charge in [-0.1, -0.05) is 38.2 Å². The zero-order valence-electron chi connectivity index (χ0n) is 19.3. The van der Waals surface area contributed by atoms with E-state index in [1.54, 1.807) is 0 Å². The van der Waals surface area contributed by atoms with Crippen LogP contribution in [0.2, 0.25) is 0 Å². The topological polar surface area (TPSA) is 18.5 Å². The molecule has 4 aliphatic carbocycles. The van der Waals surface area contributed by atoms with Crippen molar-refractivity contribution < 1.29 is 18.3 Å². The van der Waals surface area contributed by atoms with Crippen LogP contribution in [-0.4, -0.2) is 13.2 Å². The Kier molecular flexibility index (Phi) is 7.04. The van der Waals surface area contributed by atoms with Crippen molar-refractivity contribution in [3.8, 4) is 11.5 Å². The van der Waals surface area contributed by atoms with Gasteiger partial charge in [-0.05, 0) is 98.7 Å². The highest BCUT2D eigenvalue weighted by molar-refractivity contribution is 5.35. The van der Waals surface area contributed by atoms with Crippen LogP contribution in [0.3, 0.4) is 0 Å². The number of benzene rings is 1. The number of halogens is 2. The maximum absolute atomic E-state index is 14.4. The standard InChI is InChI=1S/C28H38F2O2/c29-27-25(31-17-21-4-5-21)14-15-26(28(27)30)32-18-22-8-12-24(13-9-22)23-10-6-20(7-11-23)16-19-2-1-3-19/h8,14-15,19-21,23-24H,1-7,9-13,16-18H2. The van der Waals surface area contributed by atoms with Gasteiger partial charge in [0.05, 0.1) is 6.61 Å². The first-order valence-corrected chi connectivity index (χ1v) is 13.1. The molecule has 3 saturated carbocycles. The van der Waals surface area contributed by atoms with Crippen LogP contribution in [0.15, 0.2) is 23.8 Å². The second-order valence-electron chi connectivity index (χ2n) is 10.9. The molecule has 0 aromatic heterocycles. The van der Waals surface area contributed by atoms with E-state index in [0.717, 1.165) is 49.4 Å². The molecule has 0 radical (unpaired) electrons. The molecule has 1 aromatic carbocycles. The Balaban J connectivity index is 1.06. The predicted molar refractivity (Wildman–Crippen MR) is 123 cm³/mol. The third-order valence-corrected chi connectivity index (χ3v) is 8.59. The molecule has 5 rings (SSSR count). The lowest BCUT2D eigenvalue weighted by Gasteiger charge is -2.37. The highest BCUT2D eigenvalue weighted by atomic mass is 19.2. The molecule has 4 aliphatic rings. The molecule has 0 aliphatic heterocycles. The molecular weight excluding hydrogens is 406 g/mol. The van der Waals surface area contributed by atoms with E-state index in [-0.39, 0.29) is 11.5 Å². The molecule has 4 heteroatoms. The van der Waals surface area contributed by atoms with Gasteiger partial charge in [0.2, 0.25) is 11.6 Å². The average Bonchev–Trinajstić information content (AvgIpc) is 3.62. The Morgan fingerprint density at radius 3 is 1.97 bits per heavy atom. The molecule has 0 bridgehead atoms. The zero-order valence-corrected chi connectivity index (χ0v) is 19.3. The van der Waals surface area contributed by atoms with Crippen LogP contribution in [0.1, 0.15) is 83.5 Å². The minimum absolute atomic E-state index is 0.0103. The van der Waals surface area contributed by atoms with Crippen LogP contribution in [-0.2, 0) is 0 Å². The molecule has 3 fully saturated rings. The molecule has 176 valence electrons. The Morgan fingerprint density at radius 1 is 0.719 bits per heavy atom.